The van der Waals surface area contributed by atoms with Crippen LogP contribution in [0, 0.1) is 11.3 Å². The van der Waals surface area contributed by atoms with E-state index >= 15 is 0 Å². The molecular formula is C12H13NO4. The predicted molar refractivity (Wildman–Crippen MR) is 59.9 cm³/mol. The largest absolute Gasteiger partial charge is 0.490 e. The van der Waals surface area contributed by atoms with Gasteiger partial charge < -0.3 is 14.2 Å². The first-order chi connectivity index (χ1) is 8.22. The molecule has 0 saturated carbocycles. The quantitative estimate of drug-likeness (QED) is 0.569. The van der Waals surface area contributed by atoms with Gasteiger partial charge in [-0.3, -0.25) is 0 Å². The van der Waals surface area contributed by atoms with E-state index in [1.54, 1.807) is 19.2 Å². The van der Waals surface area contributed by atoms with Gasteiger partial charge in [-0.1, -0.05) is 0 Å². The van der Waals surface area contributed by atoms with Gasteiger partial charge in [0.15, 0.2) is 0 Å². The molecule has 0 spiro atoms. The number of benzene rings is 1. The van der Waals surface area contributed by atoms with Crippen LogP contribution < -0.4 is 4.74 Å². The van der Waals surface area contributed by atoms with Gasteiger partial charge in [0.25, 0.3) is 0 Å². The van der Waals surface area contributed by atoms with Gasteiger partial charge in [0.05, 0.1) is 24.8 Å². The van der Waals surface area contributed by atoms with E-state index in [0.717, 1.165) is 0 Å². The highest BCUT2D eigenvalue weighted by atomic mass is 16.5. The van der Waals surface area contributed by atoms with Crippen molar-refractivity contribution in [3.63, 3.8) is 0 Å². The second-order valence-corrected chi connectivity index (χ2v) is 3.16. The van der Waals surface area contributed by atoms with Gasteiger partial charge in [-0.25, -0.2) is 4.79 Å². The fourth-order valence-electron chi connectivity index (χ4n) is 1.22. The fourth-order valence-corrected chi connectivity index (χ4v) is 1.22. The highest BCUT2D eigenvalue weighted by molar-refractivity contribution is 5.90. The Morgan fingerprint density at radius 1 is 1.35 bits per heavy atom. The summed E-state index contributed by atoms with van der Waals surface area (Å²) < 4.78 is 14.7. The molecule has 5 heteroatoms. The second kappa shape index (κ2) is 6.51. The summed E-state index contributed by atoms with van der Waals surface area (Å²) in [6.07, 6.45) is 0. The molecule has 1 aromatic rings. The Bertz CT molecular complexity index is 437. The summed E-state index contributed by atoms with van der Waals surface area (Å²) in [5.41, 5.74) is 0.618. The zero-order valence-electron chi connectivity index (χ0n) is 9.73. The molecule has 0 fully saturated rings. The summed E-state index contributed by atoms with van der Waals surface area (Å²) in [5.74, 6) is -0.0536. The lowest BCUT2D eigenvalue weighted by Gasteiger charge is -2.08. The van der Waals surface area contributed by atoms with E-state index in [1.807, 2.05) is 6.07 Å². The third-order valence-electron chi connectivity index (χ3n) is 2.07. The molecule has 5 nitrogen and oxygen atoms in total. The van der Waals surface area contributed by atoms with Crippen LogP contribution in [0.2, 0.25) is 0 Å². The monoisotopic (exact) mass is 235 g/mol. The minimum atomic E-state index is -0.482. The molecule has 1 aromatic carbocycles. The van der Waals surface area contributed by atoms with E-state index < -0.39 is 5.97 Å². The average Bonchev–Trinajstić information content (AvgIpc) is 2.38. The summed E-state index contributed by atoms with van der Waals surface area (Å²) in [6, 6.07) is 6.53. The van der Waals surface area contributed by atoms with Crippen molar-refractivity contribution in [1.82, 2.24) is 0 Å². The summed E-state index contributed by atoms with van der Waals surface area (Å²) in [4.78, 5) is 11.3. The van der Waals surface area contributed by atoms with E-state index in [1.165, 1.54) is 13.2 Å². The predicted octanol–water partition coefficient (Wildman–Crippen LogP) is 1.37. The average molecular weight is 235 g/mol. The van der Waals surface area contributed by atoms with Crippen molar-refractivity contribution in [3.05, 3.63) is 29.3 Å². The van der Waals surface area contributed by atoms with Gasteiger partial charge in [0.1, 0.15) is 18.4 Å². The van der Waals surface area contributed by atoms with Crippen LogP contribution in [0.25, 0.3) is 0 Å². The SMILES string of the molecule is COCCOc1ccc(C(=O)OC)cc1C#N. The normalized spacial score (nSPS) is 9.47. The molecule has 0 radical (unpaired) electrons. The number of nitriles is 1. The van der Waals surface area contributed by atoms with Gasteiger partial charge in [0.2, 0.25) is 0 Å². The molecule has 0 atom stereocenters. The van der Waals surface area contributed by atoms with Crippen molar-refractivity contribution >= 4 is 5.97 Å². The number of hydrogen-bond acceptors (Lipinski definition) is 5. The van der Waals surface area contributed by atoms with Gasteiger partial charge in [-0.15, -0.1) is 0 Å². The van der Waals surface area contributed by atoms with Crippen molar-refractivity contribution in [2.45, 2.75) is 0 Å². The van der Waals surface area contributed by atoms with Crippen LogP contribution in [0.15, 0.2) is 18.2 Å². The summed E-state index contributed by atoms with van der Waals surface area (Å²) in [5, 5.41) is 8.94. The fraction of sp³-hybridized carbons (Fsp3) is 0.333. The summed E-state index contributed by atoms with van der Waals surface area (Å²) in [7, 11) is 2.85. The van der Waals surface area contributed by atoms with E-state index in [4.69, 9.17) is 14.7 Å². The lowest BCUT2D eigenvalue weighted by Crippen LogP contribution is -2.07. The van der Waals surface area contributed by atoms with Crippen LogP contribution in [0.1, 0.15) is 15.9 Å². The highest BCUT2D eigenvalue weighted by Gasteiger charge is 2.10. The van der Waals surface area contributed by atoms with E-state index in [2.05, 4.69) is 4.74 Å². The standard InChI is InChI=1S/C12H13NO4/c1-15-5-6-17-11-4-3-9(12(14)16-2)7-10(11)8-13/h3-4,7H,5-6H2,1-2H3. The lowest BCUT2D eigenvalue weighted by atomic mass is 10.1. The molecule has 0 saturated heterocycles. The molecule has 0 unspecified atom stereocenters. The number of hydrogen-bond donors (Lipinski definition) is 0. The Hall–Kier alpha value is -2.06. The number of methoxy groups -OCH3 is 2. The Morgan fingerprint density at radius 3 is 2.71 bits per heavy atom. The molecule has 0 aliphatic heterocycles. The molecule has 0 aliphatic carbocycles. The van der Waals surface area contributed by atoms with Crippen LogP contribution in [0.3, 0.4) is 0 Å². The topological polar surface area (TPSA) is 68.6 Å². The van der Waals surface area contributed by atoms with Crippen LogP contribution in [0.5, 0.6) is 5.75 Å². The second-order valence-electron chi connectivity index (χ2n) is 3.16. The van der Waals surface area contributed by atoms with E-state index in [0.29, 0.717) is 30.1 Å². The Balaban J connectivity index is 2.87. The maximum Gasteiger partial charge on any atom is 0.337 e. The lowest BCUT2D eigenvalue weighted by molar-refractivity contribution is 0.0600. The third-order valence-corrected chi connectivity index (χ3v) is 2.07. The number of ether oxygens (including phenoxy) is 3. The number of esters is 1. The summed E-state index contributed by atoms with van der Waals surface area (Å²) in [6.45, 7) is 0.784. The Morgan fingerprint density at radius 2 is 2.12 bits per heavy atom. The van der Waals surface area contributed by atoms with Gasteiger partial charge in [0, 0.05) is 7.11 Å². The van der Waals surface area contributed by atoms with Gasteiger partial charge in [-0.2, -0.15) is 5.26 Å². The van der Waals surface area contributed by atoms with Crippen LogP contribution in [-0.4, -0.2) is 33.4 Å². The maximum absolute atomic E-state index is 11.3. The first-order valence-electron chi connectivity index (χ1n) is 4.97. The molecule has 1 rings (SSSR count). The molecule has 0 aliphatic rings. The molecule has 90 valence electrons. The molecule has 0 amide bonds. The molecule has 0 N–H and O–H groups in total. The van der Waals surface area contributed by atoms with Crippen molar-refractivity contribution in [2.75, 3.05) is 27.4 Å². The number of carbonyl (C=O) groups excluding carboxylic acids is 1. The van der Waals surface area contributed by atoms with Gasteiger partial charge in [-0.05, 0) is 18.2 Å². The highest BCUT2D eigenvalue weighted by Crippen LogP contribution is 2.19. The Kier molecular flexibility index (Phi) is 4.98. The van der Waals surface area contributed by atoms with Crippen molar-refractivity contribution < 1.29 is 19.0 Å². The summed E-state index contributed by atoms with van der Waals surface area (Å²) >= 11 is 0. The van der Waals surface area contributed by atoms with Gasteiger partial charge >= 0.3 is 5.97 Å². The molecular weight excluding hydrogens is 222 g/mol. The van der Waals surface area contributed by atoms with Crippen LogP contribution in [-0.2, 0) is 9.47 Å². The van der Waals surface area contributed by atoms with Crippen molar-refractivity contribution in [2.24, 2.45) is 0 Å². The van der Waals surface area contributed by atoms with Crippen LogP contribution >= 0.6 is 0 Å². The van der Waals surface area contributed by atoms with E-state index in [9.17, 15) is 4.79 Å². The van der Waals surface area contributed by atoms with Crippen LogP contribution in [0.4, 0.5) is 0 Å². The Labute approximate surface area is 99.5 Å². The number of rotatable bonds is 5. The molecule has 17 heavy (non-hydrogen) atoms. The minimum absolute atomic E-state index is 0.295. The van der Waals surface area contributed by atoms with E-state index in [-0.39, 0.29) is 0 Å². The molecule has 0 heterocycles. The maximum atomic E-state index is 11.3. The molecule has 0 aromatic heterocycles. The van der Waals surface area contributed by atoms with Crippen molar-refractivity contribution in [3.8, 4) is 11.8 Å². The minimum Gasteiger partial charge on any atom is -0.490 e. The number of carbonyl (C=O) groups is 1. The smallest absolute Gasteiger partial charge is 0.337 e. The zero-order valence-corrected chi connectivity index (χ0v) is 9.73. The first kappa shape index (κ1) is 13.0. The molecule has 0 bridgehead atoms. The number of nitrogens with zero attached hydrogens (tertiary/aromatic N) is 1. The van der Waals surface area contributed by atoms with Crippen molar-refractivity contribution in [1.29, 1.82) is 5.26 Å². The first-order valence-corrected chi connectivity index (χ1v) is 4.97. The third kappa shape index (κ3) is 3.47. The zero-order chi connectivity index (χ0) is 12.7.